The van der Waals surface area contributed by atoms with E-state index in [0.717, 1.165) is 13.2 Å². The second-order valence-electron chi connectivity index (χ2n) is 5.02. The summed E-state index contributed by atoms with van der Waals surface area (Å²) in [6.07, 6.45) is 2.33. The molecule has 1 heterocycles. The fourth-order valence-corrected chi connectivity index (χ4v) is 2.98. The summed E-state index contributed by atoms with van der Waals surface area (Å²) in [5.41, 5.74) is 4.29. The zero-order chi connectivity index (χ0) is 12.3. The molecule has 1 N–H and O–H groups in total. The second kappa shape index (κ2) is 5.65. The van der Waals surface area contributed by atoms with Gasteiger partial charge in [-0.25, -0.2) is 0 Å². The highest BCUT2D eigenvalue weighted by molar-refractivity contribution is 5.36. The van der Waals surface area contributed by atoms with E-state index in [9.17, 15) is 0 Å². The number of benzene rings is 1. The van der Waals surface area contributed by atoms with E-state index < -0.39 is 0 Å². The van der Waals surface area contributed by atoms with Crippen LogP contribution in [0.5, 0.6) is 0 Å². The molecule has 0 spiro atoms. The van der Waals surface area contributed by atoms with E-state index >= 15 is 0 Å². The Morgan fingerprint density at radius 3 is 2.29 bits per heavy atom. The topological polar surface area (TPSA) is 21.3 Å². The number of hydrogen-bond donors (Lipinski definition) is 1. The van der Waals surface area contributed by atoms with Crippen LogP contribution in [0.1, 0.15) is 35.6 Å². The molecule has 1 unspecified atom stereocenters. The van der Waals surface area contributed by atoms with Crippen molar-refractivity contribution in [2.45, 2.75) is 32.7 Å². The minimum atomic E-state index is 0.472. The van der Waals surface area contributed by atoms with Gasteiger partial charge in [0.2, 0.25) is 0 Å². The maximum Gasteiger partial charge on any atom is 0.0469 e. The summed E-state index contributed by atoms with van der Waals surface area (Å²) in [7, 11) is 2.08. The molecule has 2 heteroatoms. The predicted octanol–water partition coefficient (Wildman–Crippen LogP) is 2.99. The van der Waals surface area contributed by atoms with E-state index in [2.05, 4.69) is 44.4 Å². The minimum absolute atomic E-state index is 0.472. The summed E-state index contributed by atoms with van der Waals surface area (Å²) in [4.78, 5) is 0. The van der Waals surface area contributed by atoms with Crippen molar-refractivity contribution < 1.29 is 4.74 Å². The quantitative estimate of drug-likeness (QED) is 0.866. The van der Waals surface area contributed by atoms with Gasteiger partial charge in [-0.15, -0.1) is 0 Å². The Hall–Kier alpha value is -0.860. The van der Waals surface area contributed by atoms with E-state index in [1.54, 1.807) is 0 Å². The molecule has 1 aliphatic heterocycles. The van der Waals surface area contributed by atoms with Gasteiger partial charge in [0.1, 0.15) is 0 Å². The first kappa shape index (κ1) is 12.6. The van der Waals surface area contributed by atoms with Crippen LogP contribution in [0.15, 0.2) is 18.2 Å². The SMILES string of the molecule is CNC(c1c(C)cccc1C)C1CCOCC1. The number of aryl methyl sites for hydroxylation is 2. The Balaban J connectivity index is 2.27. The van der Waals surface area contributed by atoms with Crippen molar-refractivity contribution in [3.63, 3.8) is 0 Å². The molecule has 0 radical (unpaired) electrons. The van der Waals surface area contributed by atoms with Gasteiger partial charge in [0.15, 0.2) is 0 Å². The Morgan fingerprint density at radius 2 is 1.76 bits per heavy atom. The lowest BCUT2D eigenvalue weighted by Crippen LogP contribution is -2.31. The standard InChI is InChI=1S/C15H23NO/c1-11-5-4-6-12(2)14(11)15(16-3)13-7-9-17-10-8-13/h4-6,13,15-16H,7-10H2,1-3H3. The molecule has 1 aromatic carbocycles. The van der Waals surface area contributed by atoms with Gasteiger partial charge in [-0.1, -0.05) is 18.2 Å². The van der Waals surface area contributed by atoms with Gasteiger partial charge in [0, 0.05) is 19.3 Å². The fraction of sp³-hybridized carbons (Fsp3) is 0.600. The summed E-state index contributed by atoms with van der Waals surface area (Å²) in [6.45, 7) is 6.25. The summed E-state index contributed by atoms with van der Waals surface area (Å²) >= 11 is 0. The van der Waals surface area contributed by atoms with Gasteiger partial charge in [-0.3, -0.25) is 0 Å². The molecule has 2 rings (SSSR count). The highest BCUT2D eigenvalue weighted by atomic mass is 16.5. The maximum absolute atomic E-state index is 5.46. The van der Waals surface area contributed by atoms with Gasteiger partial charge in [0.25, 0.3) is 0 Å². The lowest BCUT2D eigenvalue weighted by Gasteiger charge is -2.32. The van der Waals surface area contributed by atoms with Gasteiger partial charge in [-0.05, 0) is 56.3 Å². The lowest BCUT2D eigenvalue weighted by atomic mass is 9.83. The summed E-state index contributed by atoms with van der Waals surface area (Å²) in [6, 6.07) is 7.04. The zero-order valence-electron chi connectivity index (χ0n) is 11.1. The van der Waals surface area contributed by atoms with Gasteiger partial charge in [0.05, 0.1) is 0 Å². The first-order chi connectivity index (χ1) is 8.24. The molecule has 1 aromatic rings. The van der Waals surface area contributed by atoms with Crippen molar-refractivity contribution in [1.82, 2.24) is 5.32 Å². The Morgan fingerprint density at radius 1 is 1.18 bits per heavy atom. The first-order valence-corrected chi connectivity index (χ1v) is 6.55. The average molecular weight is 233 g/mol. The number of rotatable bonds is 3. The third-order valence-corrected chi connectivity index (χ3v) is 3.90. The lowest BCUT2D eigenvalue weighted by molar-refractivity contribution is 0.0544. The molecule has 1 atom stereocenters. The van der Waals surface area contributed by atoms with Crippen LogP contribution in [0.2, 0.25) is 0 Å². The van der Waals surface area contributed by atoms with Crippen LogP contribution in [0, 0.1) is 19.8 Å². The Labute approximate surface area is 104 Å². The molecule has 94 valence electrons. The predicted molar refractivity (Wildman–Crippen MR) is 71.3 cm³/mol. The largest absolute Gasteiger partial charge is 0.381 e. The van der Waals surface area contributed by atoms with E-state index in [1.807, 2.05) is 0 Å². The molecule has 0 aromatic heterocycles. The molecular formula is C15H23NO. The van der Waals surface area contributed by atoms with Crippen LogP contribution in [0.3, 0.4) is 0 Å². The third kappa shape index (κ3) is 2.70. The monoisotopic (exact) mass is 233 g/mol. The molecule has 0 bridgehead atoms. The van der Waals surface area contributed by atoms with Crippen molar-refractivity contribution in [1.29, 1.82) is 0 Å². The Kier molecular flexibility index (Phi) is 4.19. The smallest absolute Gasteiger partial charge is 0.0469 e. The molecule has 0 amide bonds. The highest BCUT2D eigenvalue weighted by Gasteiger charge is 2.26. The third-order valence-electron chi connectivity index (χ3n) is 3.90. The van der Waals surface area contributed by atoms with E-state index in [1.165, 1.54) is 29.5 Å². The molecule has 1 saturated heterocycles. The summed E-state index contributed by atoms with van der Waals surface area (Å²) in [5.74, 6) is 0.702. The van der Waals surface area contributed by atoms with Crippen molar-refractivity contribution in [3.05, 3.63) is 34.9 Å². The van der Waals surface area contributed by atoms with Crippen molar-refractivity contribution >= 4 is 0 Å². The second-order valence-corrected chi connectivity index (χ2v) is 5.02. The van der Waals surface area contributed by atoms with Crippen molar-refractivity contribution in [3.8, 4) is 0 Å². The van der Waals surface area contributed by atoms with E-state index in [-0.39, 0.29) is 0 Å². The molecule has 0 aliphatic carbocycles. The summed E-state index contributed by atoms with van der Waals surface area (Å²) in [5, 5.41) is 3.51. The molecule has 2 nitrogen and oxygen atoms in total. The maximum atomic E-state index is 5.46. The highest BCUT2D eigenvalue weighted by Crippen LogP contribution is 2.33. The first-order valence-electron chi connectivity index (χ1n) is 6.55. The van der Waals surface area contributed by atoms with Crippen LogP contribution in [0.25, 0.3) is 0 Å². The van der Waals surface area contributed by atoms with Gasteiger partial charge in [-0.2, -0.15) is 0 Å². The number of nitrogens with one attached hydrogen (secondary N) is 1. The van der Waals surface area contributed by atoms with Gasteiger partial charge >= 0.3 is 0 Å². The van der Waals surface area contributed by atoms with Crippen LogP contribution >= 0.6 is 0 Å². The molecule has 1 fully saturated rings. The minimum Gasteiger partial charge on any atom is -0.381 e. The summed E-state index contributed by atoms with van der Waals surface area (Å²) < 4.78 is 5.46. The molecule has 0 saturated carbocycles. The van der Waals surface area contributed by atoms with Crippen LogP contribution in [-0.2, 0) is 4.74 Å². The fourth-order valence-electron chi connectivity index (χ4n) is 2.98. The Bertz CT molecular complexity index is 349. The molecular weight excluding hydrogens is 210 g/mol. The van der Waals surface area contributed by atoms with Crippen LogP contribution in [-0.4, -0.2) is 20.3 Å². The zero-order valence-corrected chi connectivity index (χ0v) is 11.1. The van der Waals surface area contributed by atoms with Crippen LogP contribution < -0.4 is 5.32 Å². The molecule has 17 heavy (non-hydrogen) atoms. The van der Waals surface area contributed by atoms with Crippen LogP contribution in [0.4, 0.5) is 0 Å². The average Bonchev–Trinajstić information content (AvgIpc) is 2.35. The number of hydrogen-bond acceptors (Lipinski definition) is 2. The molecule has 1 aliphatic rings. The van der Waals surface area contributed by atoms with Crippen molar-refractivity contribution in [2.24, 2.45) is 5.92 Å². The van der Waals surface area contributed by atoms with Crippen molar-refractivity contribution in [2.75, 3.05) is 20.3 Å². The number of ether oxygens (including phenoxy) is 1. The van der Waals surface area contributed by atoms with E-state index in [0.29, 0.717) is 12.0 Å². The van der Waals surface area contributed by atoms with E-state index in [4.69, 9.17) is 4.74 Å². The van der Waals surface area contributed by atoms with Gasteiger partial charge < -0.3 is 10.1 Å². The normalized spacial score (nSPS) is 19.2.